The van der Waals surface area contributed by atoms with E-state index in [2.05, 4.69) is 0 Å². The largest absolute Gasteiger partial charge is 1.00 e. The van der Waals surface area contributed by atoms with Gasteiger partial charge < -0.3 is 20.4 Å². The molecule has 19 heavy (non-hydrogen) atoms. The van der Waals surface area contributed by atoms with E-state index in [9.17, 15) is 19.2 Å². The number of hydrogen-bond donors (Lipinski definition) is 4. The Bertz CT molecular complexity index is 479. The maximum atomic E-state index is 10.8. The first-order valence-electron chi connectivity index (χ1n) is 4.37. The van der Waals surface area contributed by atoms with Crippen molar-refractivity contribution in [3.05, 3.63) is 34.4 Å². The molecule has 4 N–H and O–H groups in total. The Morgan fingerprint density at radius 3 is 0.842 bits per heavy atom. The predicted molar refractivity (Wildman–Crippen MR) is 54.3 cm³/mol. The van der Waals surface area contributed by atoms with E-state index < -0.39 is 46.1 Å². The van der Waals surface area contributed by atoms with Gasteiger partial charge in [0.15, 0.2) is 0 Å². The minimum atomic E-state index is -1.66. The summed E-state index contributed by atoms with van der Waals surface area (Å²) < 4.78 is 0. The molecule has 0 aliphatic carbocycles. The maximum absolute atomic E-state index is 10.8. The molecule has 94 valence electrons. The van der Waals surface area contributed by atoms with Gasteiger partial charge in [0.05, 0.1) is 22.3 Å². The Morgan fingerprint density at radius 2 is 0.737 bits per heavy atom. The topological polar surface area (TPSA) is 149 Å². The van der Waals surface area contributed by atoms with Gasteiger partial charge >= 0.3 is 53.4 Å². The van der Waals surface area contributed by atoms with Crippen molar-refractivity contribution in [2.45, 2.75) is 0 Å². The predicted octanol–water partition coefficient (Wildman–Crippen LogP) is -2.52. The molecule has 0 aliphatic rings. The monoisotopic (exact) mass is 277 g/mol. The van der Waals surface area contributed by atoms with Crippen molar-refractivity contribution in [1.82, 2.24) is 0 Å². The second kappa shape index (κ2) is 6.32. The zero-order valence-corrected chi connectivity index (χ0v) is 11.6. The van der Waals surface area contributed by atoms with E-state index in [1.54, 1.807) is 0 Å². The molecule has 0 bridgehead atoms. The number of hydrogen-bond acceptors (Lipinski definition) is 4. The van der Waals surface area contributed by atoms with Gasteiger partial charge in [-0.15, -0.1) is 0 Å². The van der Waals surface area contributed by atoms with Crippen LogP contribution >= 0.6 is 0 Å². The molecule has 0 spiro atoms. The van der Waals surface area contributed by atoms with Crippen LogP contribution in [0.4, 0.5) is 0 Å². The van der Waals surface area contributed by atoms with E-state index in [1.165, 1.54) is 0 Å². The molecule has 0 aliphatic heterocycles. The van der Waals surface area contributed by atoms with Crippen LogP contribution in [0, 0.1) is 0 Å². The molecule has 0 saturated carbocycles. The molecular weight excluding hydrogens is 271 g/mol. The number of aromatic carboxylic acids is 4. The smallest absolute Gasteiger partial charge is 0.478 e. The van der Waals surface area contributed by atoms with Gasteiger partial charge in [-0.2, -0.15) is 0 Å². The number of benzene rings is 1. The summed E-state index contributed by atoms with van der Waals surface area (Å²) in [7, 11) is 0. The van der Waals surface area contributed by atoms with E-state index >= 15 is 0 Å². The standard InChI is InChI=1S/C10H6O8.Na/c11-7(12)3-1-4(8(13)14)6(10(17)18)2-5(3)9(15)16;/h1-2H,(H,11,12)(H,13,14)(H,15,16)(H,17,18);/q;+1. The van der Waals surface area contributed by atoms with Gasteiger partial charge in [-0.3, -0.25) is 0 Å². The number of carbonyl (C=O) groups is 4. The molecule has 0 fully saturated rings. The van der Waals surface area contributed by atoms with Crippen LogP contribution in [0.15, 0.2) is 12.1 Å². The van der Waals surface area contributed by atoms with Crippen molar-refractivity contribution in [2.24, 2.45) is 0 Å². The number of carboxylic acid groups (broad SMARTS) is 4. The Morgan fingerprint density at radius 1 is 0.579 bits per heavy atom. The Kier molecular flexibility index (Phi) is 5.69. The zero-order valence-electron chi connectivity index (χ0n) is 9.58. The van der Waals surface area contributed by atoms with Crippen LogP contribution in [0.5, 0.6) is 0 Å². The van der Waals surface area contributed by atoms with Crippen molar-refractivity contribution >= 4 is 23.9 Å². The molecule has 1 rings (SSSR count). The first-order valence-corrected chi connectivity index (χ1v) is 4.37. The van der Waals surface area contributed by atoms with Gasteiger partial charge in [0.25, 0.3) is 0 Å². The van der Waals surface area contributed by atoms with E-state index in [0.29, 0.717) is 12.1 Å². The number of carboxylic acids is 4. The van der Waals surface area contributed by atoms with Crippen molar-refractivity contribution < 1.29 is 69.2 Å². The Hall–Kier alpha value is -1.90. The summed E-state index contributed by atoms with van der Waals surface area (Å²) in [6, 6.07) is 1.02. The van der Waals surface area contributed by atoms with Crippen LogP contribution in [-0.2, 0) is 0 Å². The summed E-state index contributed by atoms with van der Waals surface area (Å²) in [6.45, 7) is 0. The fourth-order valence-electron chi connectivity index (χ4n) is 1.31. The van der Waals surface area contributed by atoms with Gasteiger partial charge in [-0.1, -0.05) is 0 Å². The second-order valence-electron chi connectivity index (χ2n) is 3.16. The quantitative estimate of drug-likeness (QED) is 0.440. The van der Waals surface area contributed by atoms with Crippen LogP contribution < -0.4 is 29.6 Å². The Balaban J connectivity index is 0.00000324. The first-order chi connectivity index (χ1) is 8.25. The third kappa shape index (κ3) is 3.53. The van der Waals surface area contributed by atoms with E-state index in [4.69, 9.17) is 20.4 Å². The molecule has 0 heterocycles. The SMILES string of the molecule is O=C(O)c1cc(C(=O)O)c(C(=O)O)cc1C(=O)O.[Na+]. The molecule has 0 saturated heterocycles. The average molecular weight is 277 g/mol. The van der Waals surface area contributed by atoms with Crippen molar-refractivity contribution in [3.63, 3.8) is 0 Å². The molecule has 1 aromatic carbocycles. The molecule has 0 aromatic heterocycles. The fraction of sp³-hybridized carbons (Fsp3) is 0. The summed E-state index contributed by atoms with van der Waals surface area (Å²) in [5, 5.41) is 35.0. The molecule has 0 unspecified atom stereocenters. The van der Waals surface area contributed by atoms with Crippen molar-refractivity contribution in [2.75, 3.05) is 0 Å². The van der Waals surface area contributed by atoms with Crippen molar-refractivity contribution in [3.8, 4) is 0 Å². The van der Waals surface area contributed by atoms with Gasteiger partial charge in [-0.25, -0.2) is 19.2 Å². The summed E-state index contributed by atoms with van der Waals surface area (Å²) >= 11 is 0. The molecule has 0 radical (unpaired) electrons. The van der Waals surface area contributed by atoms with Crippen LogP contribution in [-0.4, -0.2) is 44.3 Å². The third-order valence-electron chi connectivity index (χ3n) is 2.08. The van der Waals surface area contributed by atoms with Crippen LogP contribution in [0.3, 0.4) is 0 Å². The van der Waals surface area contributed by atoms with E-state index in [0.717, 1.165) is 0 Å². The van der Waals surface area contributed by atoms with E-state index in [-0.39, 0.29) is 29.6 Å². The molecule has 0 amide bonds. The average Bonchev–Trinajstić information content (AvgIpc) is 2.26. The van der Waals surface area contributed by atoms with E-state index in [1.807, 2.05) is 0 Å². The molecule has 9 heteroatoms. The minimum Gasteiger partial charge on any atom is -0.478 e. The van der Waals surface area contributed by atoms with Gasteiger partial charge in [0.2, 0.25) is 0 Å². The third-order valence-corrected chi connectivity index (χ3v) is 2.08. The minimum absolute atomic E-state index is 0. The first kappa shape index (κ1) is 17.1. The summed E-state index contributed by atoms with van der Waals surface area (Å²) in [5.74, 6) is -6.64. The van der Waals surface area contributed by atoms with Crippen LogP contribution in [0.25, 0.3) is 0 Å². The maximum Gasteiger partial charge on any atom is 1.00 e. The van der Waals surface area contributed by atoms with Crippen LogP contribution in [0.2, 0.25) is 0 Å². The number of rotatable bonds is 4. The van der Waals surface area contributed by atoms with Crippen LogP contribution in [0.1, 0.15) is 41.4 Å². The van der Waals surface area contributed by atoms with Gasteiger partial charge in [0.1, 0.15) is 0 Å². The summed E-state index contributed by atoms with van der Waals surface area (Å²) in [6.07, 6.45) is 0. The summed E-state index contributed by atoms with van der Waals surface area (Å²) in [5.41, 5.74) is -3.15. The van der Waals surface area contributed by atoms with Crippen molar-refractivity contribution in [1.29, 1.82) is 0 Å². The molecular formula is C10H6NaO8+. The molecule has 0 atom stereocenters. The molecule has 1 aromatic rings. The second-order valence-corrected chi connectivity index (χ2v) is 3.16. The Labute approximate surface area is 127 Å². The fourth-order valence-corrected chi connectivity index (χ4v) is 1.31. The molecule has 8 nitrogen and oxygen atoms in total. The van der Waals surface area contributed by atoms with Gasteiger partial charge in [-0.05, 0) is 12.1 Å². The summed E-state index contributed by atoms with van der Waals surface area (Å²) in [4.78, 5) is 43.1. The normalized spacial score (nSPS) is 9.26. The zero-order chi connectivity index (χ0) is 14.0. The van der Waals surface area contributed by atoms with Gasteiger partial charge in [0, 0.05) is 0 Å².